The number of benzene rings is 1. The number of hydrogen-bond donors (Lipinski definition) is 2. The molecule has 0 heterocycles. The van der Waals surface area contributed by atoms with Crippen LogP contribution in [0.15, 0.2) is 24.3 Å². The van der Waals surface area contributed by atoms with Crippen LogP contribution in [0.4, 0.5) is 0 Å². The van der Waals surface area contributed by atoms with E-state index in [-0.39, 0.29) is 0 Å². The first kappa shape index (κ1) is 13.5. The standard InChI is InChI=1S/C13H20N2O2/c1-3-15-8-10(2)9-17-12-6-4-11(5-7-12)13(14)16/h4-7,10,15H,3,8-9H2,1-2H3,(H2,14,16). The van der Waals surface area contributed by atoms with E-state index in [9.17, 15) is 4.79 Å². The van der Waals surface area contributed by atoms with Gasteiger partial charge in [-0.25, -0.2) is 0 Å². The molecule has 0 saturated carbocycles. The van der Waals surface area contributed by atoms with Crippen molar-refractivity contribution in [3.8, 4) is 5.75 Å². The molecule has 1 atom stereocenters. The maximum atomic E-state index is 10.9. The minimum atomic E-state index is -0.419. The van der Waals surface area contributed by atoms with Gasteiger partial charge in [0.1, 0.15) is 5.75 Å². The molecule has 0 aliphatic rings. The van der Waals surface area contributed by atoms with Crippen LogP contribution in [0.1, 0.15) is 24.2 Å². The lowest BCUT2D eigenvalue weighted by atomic mass is 10.2. The maximum absolute atomic E-state index is 10.9. The summed E-state index contributed by atoms with van der Waals surface area (Å²) in [5, 5.41) is 3.27. The van der Waals surface area contributed by atoms with E-state index >= 15 is 0 Å². The van der Waals surface area contributed by atoms with Gasteiger partial charge in [0.25, 0.3) is 0 Å². The fourth-order valence-electron chi connectivity index (χ4n) is 1.40. The molecule has 0 fully saturated rings. The van der Waals surface area contributed by atoms with Gasteiger partial charge in [0.05, 0.1) is 6.61 Å². The van der Waals surface area contributed by atoms with Crippen LogP contribution in [0.25, 0.3) is 0 Å². The fraction of sp³-hybridized carbons (Fsp3) is 0.462. The first-order valence-electron chi connectivity index (χ1n) is 5.87. The minimum Gasteiger partial charge on any atom is -0.493 e. The van der Waals surface area contributed by atoms with E-state index in [0.29, 0.717) is 18.1 Å². The Labute approximate surface area is 102 Å². The highest BCUT2D eigenvalue weighted by molar-refractivity contribution is 5.92. The Hall–Kier alpha value is -1.55. The second-order valence-electron chi connectivity index (χ2n) is 4.11. The van der Waals surface area contributed by atoms with Gasteiger partial charge in [-0.15, -0.1) is 0 Å². The predicted octanol–water partition coefficient (Wildman–Crippen LogP) is 1.41. The van der Waals surface area contributed by atoms with Crippen LogP contribution in [0.2, 0.25) is 0 Å². The van der Waals surface area contributed by atoms with E-state index in [1.165, 1.54) is 0 Å². The third kappa shape index (κ3) is 4.87. The second-order valence-corrected chi connectivity index (χ2v) is 4.11. The van der Waals surface area contributed by atoms with Crippen molar-refractivity contribution in [1.29, 1.82) is 0 Å². The van der Waals surface area contributed by atoms with E-state index in [0.717, 1.165) is 18.8 Å². The first-order chi connectivity index (χ1) is 8.13. The molecule has 0 aliphatic carbocycles. The molecule has 1 unspecified atom stereocenters. The molecule has 17 heavy (non-hydrogen) atoms. The average Bonchev–Trinajstić information content (AvgIpc) is 2.34. The van der Waals surface area contributed by atoms with Gasteiger partial charge in [-0.05, 0) is 30.8 Å². The number of nitrogens with two attached hydrogens (primary N) is 1. The Morgan fingerprint density at radius 2 is 2.06 bits per heavy atom. The highest BCUT2D eigenvalue weighted by atomic mass is 16.5. The van der Waals surface area contributed by atoms with Crippen molar-refractivity contribution in [3.63, 3.8) is 0 Å². The van der Waals surface area contributed by atoms with E-state index in [4.69, 9.17) is 10.5 Å². The van der Waals surface area contributed by atoms with Crippen molar-refractivity contribution in [1.82, 2.24) is 5.32 Å². The molecule has 4 heteroatoms. The van der Waals surface area contributed by atoms with Crippen molar-refractivity contribution in [2.75, 3.05) is 19.7 Å². The minimum absolute atomic E-state index is 0.419. The van der Waals surface area contributed by atoms with E-state index in [1.807, 2.05) is 0 Å². The normalized spacial score (nSPS) is 12.1. The molecule has 1 aromatic carbocycles. The van der Waals surface area contributed by atoms with Crippen LogP contribution in [-0.4, -0.2) is 25.6 Å². The van der Waals surface area contributed by atoms with Crippen LogP contribution in [-0.2, 0) is 0 Å². The summed E-state index contributed by atoms with van der Waals surface area (Å²) < 4.78 is 5.61. The van der Waals surface area contributed by atoms with E-state index in [2.05, 4.69) is 19.2 Å². The summed E-state index contributed by atoms with van der Waals surface area (Å²) >= 11 is 0. The highest BCUT2D eigenvalue weighted by Crippen LogP contribution is 2.12. The highest BCUT2D eigenvalue weighted by Gasteiger charge is 2.03. The quantitative estimate of drug-likeness (QED) is 0.752. The third-order valence-electron chi connectivity index (χ3n) is 2.42. The Morgan fingerprint density at radius 3 is 2.59 bits per heavy atom. The number of hydrogen-bond acceptors (Lipinski definition) is 3. The summed E-state index contributed by atoms with van der Waals surface area (Å²) in [4.78, 5) is 10.9. The Morgan fingerprint density at radius 1 is 1.41 bits per heavy atom. The van der Waals surface area contributed by atoms with Gasteiger partial charge in [-0.1, -0.05) is 13.8 Å². The largest absolute Gasteiger partial charge is 0.493 e. The number of amides is 1. The molecule has 1 aromatic rings. The summed E-state index contributed by atoms with van der Waals surface area (Å²) in [6.07, 6.45) is 0. The lowest BCUT2D eigenvalue weighted by molar-refractivity contribution is 0.100. The second kappa shape index (κ2) is 6.91. The fourth-order valence-corrected chi connectivity index (χ4v) is 1.40. The van der Waals surface area contributed by atoms with Crippen molar-refractivity contribution in [3.05, 3.63) is 29.8 Å². The van der Waals surface area contributed by atoms with Gasteiger partial charge in [0.2, 0.25) is 5.91 Å². The number of ether oxygens (including phenoxy) is 1. The topological polar surface area (TPSA) is 64.3 Å². The maximum Gasteiger partial charge on any atom is 0.248 e. The Balaban J connectivity index is 2.39. The van der Waals surface area contributed by atoms with E-state index in [1.54, 1.807) is 24.3 Å². The summed E-state index contributed by atoms with van der Waals surface area (Å²) in [6, 6.07) is 6.87. The van der Waals surface area contributed by atoms with Gasteiger partial charge >= 0.3 is 0 Å². The van der Waals surface area contributed by atoms with Gasteiger partial charge in [-0.2, -0.15) is 0 Å². The lowest BCUT2D eigenvalue weighted by Crippen LogP contribution is -2.24. The van der Waals surface area contributed by atoms with Crippen LogP contribution in [0.3, 0.4) is 0 Å². The van der Waals surface area contributed by atoms with Gasteiger partial charge in [0.15, 0.2) is 0 Å². The number of nitrogens with one attached hydrogen (secondary N) is 1. The Kier molecular flexibility index (Phi) is 5.49. The molecule has 0 radical (unpaired) electrons. The average molecular weight is 236 g/mol. The predicted molar refractivity (Wildman–Crippen MR) is 68.2 cm³/mol. The van der Waals surface area contributed by atoms with Crippen LogP contribution in [0, 0.1) is 5.92 Å². The van der Waals surface area contributed by atoms with Gasteiger partial charge in [0, 0.05) is 18.0 Å². The molecule has 1 amide bonds. The monoisotopic (exact) mass is 236 g/mol. The van der Waals surface area contributed by atoms with Gasteiger partial charge < -0.3 is 15.8 Å². The molecular weight excluding hydrogens is 216 g/mol. The van der Waals surface area contributed by atoms with Crippen molar-refractivity contribution >= 4 is 5.91 Å². The van der Waals surface area contributed by atoms with E-state index < -0.39 is 5.91 Å². The summed E-state index contributed by atoms with van der Waals surface area (Å²) in [5.74, 6) is 0.793. The molecule has 3 N–H and O–H groups in total. The molecule has 1 rings (SSSR count). The summed E-state index contributed by atoms with van der Waals surface area (Å²) in [5.41, 5.74) is 5.65. The van der Waals surface area contributed by atoms with Crippen LogP contribution < -0.4 is 15.8 Å². The van der Waals surface area contributed by atoms with Crippen LogP contribution in [0.5, 0.6) is 5.75 Å². The molecule has 0 spiro atoms. The zero-order valence-electron chi connectivity index (χ0n) is 10.4. The van der Waals surface area contributed by atoms with Crippen molar-refractivity contribution in [2.24, 2.45) is 11.7 Å². The summed E-state index contributed by atoms with van der Waals surface area (Å²) in [6.45, 7) is 6.77. The molecule has 94 valence electrons. The SMILES string of the molecule is CCNCC(C)COc1ccc(C(N)=O)cc1. The molecule has 0 bridgehead atoms. The summed E-state index contributed by atoms with van der Waals surface area (Å²) in [7, 11) is 0. The van der Waals surface area contributed by atoms with Crippen LogP contribution >= 0.6 is 0 Å². The zero-order chi connectivity index (χ0) is 12.7. The zero-order valence-corrected chi connectivity index (χ0v) is 10.4. The number of primary amides is 1. The van der Waals surface area contributed by atoms with Crippen molar-refractivity contribution in [2.45, 2.75) is 13.8 Å². The number of carbonyl (C=O) groups excluding carboxylic acids is 1. The first-order valence-corrected chi connectivity index (χ1v) is 5.87. The number of rotatable bonds is 7. The van der Waals surface area contributed by atoms with Gasteiger partial charge in [-0.3, -0.25) is 4.79 Å². The Bertz CT molecular complexity index is 349. The molecule has 0 aromatic heterocycles. The molecule has 0 saturated heterocycles. The third-order valence-corrected chi connectivity index (χ3v) is 2.42. The molecule has 4 nitrogen and oxygen atoms in total. The smallest absolute Gasteiger partial charge is 0.248 e. The molecular formula is C13H20N2O2. The van der Waals surface area contributed by atoms with Crippen molar-refractivity contribution < 1.29 is 9.53 Å². The number of carbonyl (C=O) groups is 1. The molecule has 0 aliphatic heterocycles. The lowest BCUT2D eigenvalue weighted by Gasteiger charge is -2.13.